The van der Waals surface area contributed by atoms with Gasteiger partial charge in [-0.25, -0.2) is 0 Å². The molecule has 0 spiro atoms. The maximum absolute atomic E-state index is 11.5. The highest BCUT2D eigenvalue weighted by Gasteiger charge is 2.29. The van der Waals surface area contributed by atoms with E-state index in [1.807, 2.05) is 4.90 Å². The Labute approximate surface area is 104 Å². The van der Waals surface area contributed by atoms with Gasteiger partial charge < -0.3 is 15.5 Å². The van der Waals surface area contributed by atoms with Crippen LogP contribution in [0.4, 0.5) is 0 Å². The fraction of sp³-hybridized carbons (Fsp3) is 0.923. The first kappa shape index (κ1) is 12.8. The highest BCUT2D eigenvalue weighted by Crippen LogP contribution is 2.31. The highest BCUT2D eigenvalue weighted by atomic mass is 16.2. The van der Waals surface area contributed by atoms with Gasteiger partial charge in [0.25, 0.3) is 0 Å². The molecule has 2 saturated heterocycles. The molecule has 2 aliphatic heterocycles. The molecule has 98 valence electrons. The third kappa shape index (κ3) is 3.19. The lowest BCUT2D eigenvalue weighted by atomic mass is 9.79. The van der Waals surface area contributed by atoms with Gasteiger partial charge in [0.05, 0.1) is 6.54 Å². The molecule has 17 heavy (non-hydrogen) atoms. The predicted molar refractivity (Wildman–Crippen MR) is 68.6 cm³/mol. The van der Waals surface area contributed by atoms with Crippen molar-refractivity contribution in [2.24, 2.45) is 17.6 Å². The molecule has 2 rings (SSSR count). The maximum Gasteiger partial charge on any atom is 0.236 e. The number of piperidine rings is 2. The fourth-order valence-corrected chi connectivity index (χ4v) is 3.25. The molecule has 2 N–H and O–H groups in total. The average molecular weight is 239 g/mol. The van der Waals surface area contributed by atoms with Crippen molar-refractivity contribution in [1.29, 1.82) is 0 Å². The average Bonchev–Trinajstić information content (AvgIpc) is 2.39. The van der Waals surface area contributed by atoms with E-state index in [1.165, 1.54) is 38.8 Å². The number of nitrogens with two attached hydrogens (primary N) is 1. The molecule has 2 fully saturated rings. The molecule has 0 bridgehead atoms. The zero-order valence-electron chi connectivity index (χ0n) is 10.9. The van der Waals surface area contributed by atoms with Gasteiger partial charge in [0.15, 0.2) is 0 Å². The van der Waals surface area contributed by atoms with E-state index < -0.39 is 0 Å². The van der Waals surface area contributed by atoms with Crippen molar-refractivity contribution in [3.05, 3.63) is 0 Å². The summed E-state index contributed by atoms with van der Waals surface area (Å²) in [6, 6.07) is 0. The Kier molecular flexibility index (Phi) is 4.40. The summed E-state index contributed by atoms with van der Waals surface area (Å²) in [5.74, 6) is 1.85. The van der Waals surface area contributed by atoms with Crippen LogP contribution in [0.5, 0.6) is 0 Å². The van der Waals surface area contributed by atoms with Crippen LogP contribution in [0.1, 0.15) is 25.7 Å². The lowest BCUT2D eigenvalue weighted by Gasteiger charge is -2.39. The van der Waals surface area contributed by atoms with Gasteiger partial charge in [-0.2, -0.15) is 0 Å². The zero-order valence-corrected chi connectivity index (χ0v) is 10.9. The van der Waals surface area contributed by atoms with Crippen molar-refractivity contribution >= 4 is 5.91 Å². The molecular formula is C13H25N3O. The zero-order chi connectivity index (χ0) is 12.3. The highest BCUT2D eigenvalue weighted by molar-refractivity contribution is 5.78. The summed E-state index contributed by atoms with van der Waals surface area (Å²) in [5.41, 5.74) is 5.40. The SMILES string of the molecule is CN1CCC(C2CCN(C(=O)CN)CC2)CC1. The maximum atomic E-state index is 11.5. The van der Waals surface area contributed by atoms with Crippen molar-refractivity contribution in [2.75, 3.05) is 39.8 Å². The summed E-state index contributed by atoms with van der Waals surface area (Å²) in [6.07, 6.45) is 5.04. The van der Waals surface area contributed by atoms with E-state index in [0.717, 1.165) is 24.9 Å². The monoisotopic (exact) mass is 239 g/mol. The Balaban J connectivity index is 1.77. The summed E-state index contributed by atoms with van der Waals surface area (Å²) >= 11 is 0. The number of likely N-dealkylation sites (tertiary alicyclic amines) is 2. The van der Waals surface area contributed by atoms with Crippen molar-refractivity contribution in [3.63, 3.8) is 0 Å². The molecule has 0 unspecified atom stereocenters. The molecular weight excluding hydrogens is 214 g/mol. The first-order valence-corrected chi connectivity index (χ1v) is 6.87. The second kappa shape index (κ2) is 5.83. The minimum Gasteiger partial charge on any atom is -0.342 e. The standard InChI is InChI=1S/C13H25N3O/c1-15-6-2-11(3-7-15)12-4-8-16(9-5-12)13(17)10-14/h11-12H,2-10,14H2,1H3. The largest absolute Gasteiger partial charge is 0.342 e. The number of carbonyl (C=O) groups excluding carboxylic acids is 1. The Hall–Kier alpha value is -0.610. The smallest absolute Gasteiger partial charge is 0.236 e. The summed E-state index contributed by atoms with van der Waals surface area (Å²) in [6.45, 7) is 4.50. The molecule has 0 radical (unpaired) electrons. The van der Waals surface area contributed by atoms with E-state index in [4.69, 9.17) is 5.73 Å². The van der Waals surface area contributed by atoms with E-state index in [1.54, 1.807) is 0 Å². The second-order valence-corrected chi connectivity index (χ2v) is 5.56. The molecule has 1 amide bonds. The Morgan fingerprint density at radius 1 is 1.06 bits per heavy atom. The van der Waals surface area contributed by atoms with E-state index in [0.29, 0.717) is 0 Å². The Bertz CT molecular complexity index is 253. The van der Waals surface area contributed by atoms with Gasteiger partial charge in [0.2, 0.25) is 5.91 Å². The molecule has 4 nitrogen and oxygen atoms in total. The molecule has 0 saturated carbocycles. The van der Waals surface area contributed by atoms with Crippen LogP contribution < -0.4 is 5.73 Å². The first-order chi connectivity index (χ1) is 8.20. The molecule has 2 aliphatic rings. The number of rotatable bonds is 2. The van der Waals surface area contributed by atoms with E-state index in [2.05, 4.69) is 11.9 Å². The molecule has 0 aromatic rings. The van der Waals surface area contributed by atoms with Gasteiger partial charge in [-0.15, -0.1) is 0 Å². The lowest BCUT2D eigenvalue weighted by Crippen LogP contribution is -2.44. The lowest BCUT2D eigenvalue weighted by molar-refractivity contribution is -0.131. The normalized spacial score (nSPS) is 25.2. The summed E-state index contributed by atoms with van der Waals surface area (Å²) in [7, 11) is 2.21. The third-order valence-electron chi connectivity index (χ3n) is 4.50. The number of nitrogens with zero attached hydrogens (tertiary/aromatic N) is 2. The summed E-state index contributed by atoms with van der Waals surface area (Å²) in [4.78, 5) is 15.8. The van der Waals surface area contributed by atoms with Crippen molar-refractivity contribution < 1.29 is 4.79 Å². The van der Waals surface area contributed by atoms with Crippen molar-refractivity contribution in [3.8, 4) is 0 Å². The van der Waals surface area contributed by atoms with E-state index in [9.17, 15) is 4.79 Å². The third-order valence-corrected chi connectivity index (χ3v) is 4.50. The van der Waals surface area contributed by atoms with Gasteiger partial charge >= 0.3 is 0 Å². The Morgan fingerprint density at radius 3 is 2.00 bits per heavy atom. The summed E-state index contributed by atoms with van der Waals surface area (Å²) < 4.78 is 0. The molecule has 0 aromatic heterocycles. The van der Waals surface area contributed by atoms with E-state index >= 15 is 0 Å². The van der Waals surface area contributed by atoms with Gasteiger partial charge in [-0.05, 0) is 57.7 Å². The molecule has 0 aliphatic carbocycles. The molecule has 0 aromatic carbocycles. The summed E-state index contributed by atoms with van der Waals surface area (Å²) in [5, 5.41) is 0. The number of hydrogen-bond acceptors (Lipinski definition) is 3. The van der Waals surface area contributed by atoms with Gasteiger partial charge in [0, 0.05) is 13.1 Å². The topological polar surface area (TPSA) is 49.6 Å². The van der Waals surface area contributed by atoms with Crippen molar-refractivity contribution in [1.82, 2.24) is 9.80 Å². The van der Waals surface area contributed by atoms with Crippen LogP contribution in [0.15, 0.2) is 0 Å². The fourth-order valence-electron chi connectivity index (χ4n) is 3.25. The van der Waals surface area contributed by atoms with Crippen LogP contribution in [0.3, 0.4) is 0 Å². The van der Waals surface area contributed by atoms with Crippen LogP contribution in [0, 0.1) is 11.8 Å². The van der Waals surface area contributed by atoms with Gasteiger partial charge in [-0.3, -0.25) is 4.79 Å². The Morgan fingerprint density at radius 2 is 1.53 bits per heavy atom. The van der Waals surface area contributed by atoms with Crippen LogP contribution in [-0.2, 0) is 4.79 Å². The minimum atomic E-state index is 0.117. The number of carbonyl (C=O) groups is 1. The molecule has 2 heterocycles. The quantitative estimate of drug-likeness (QED) is 0.764. The van der Waals surface area contributed by atoms with Crippen LogP contribution >= 0.6 is 0 Å². The molecule has 4 heteroatoms. The van der Waals surface area contributed by atoms with E-state index in [-0.39, 0.29) is 12.5 Å². The number of hydrogen-bond donors (Lipinski definition) is 1. The van der Waals surface area contributed by atoms with Crippen LogP contribution in [-0.4, -0.2) is 55.5 Å². The van der Waals surface area contributed by atoms with Crippen molar-refractivity contribution in [2.45, 2.75) is 25.7 Å². The predicted octanol–water partition coefficient (Wildman–Crippen LogP) is 0.526. The second-order valence-electron chi connectivity index (χ2n) is 5.56. The van der Waals surface area contributed by atoms with Gasteiger partial charge in [-0.1, -0.05) is 0 Å². The first-order valence-electron chi connectivity index (χ1n) is 6.87. The minimum absolute atomic E-state index is 0.117. The van der Waals surface area contributed by atoms with Gasteiger partial charge in [0.1, 0.15) is 0 Å². The van der Waals surface area contributed by atoms with Crippen LogP contribution in [0.2, 0.25) is 0 Å². The number of amides is 1. The van der Waals surface area contributed by atoms with Crippen LogP contribution in [0.25, 0.3) is 0 Å². The molecule has 0 atom stereocenters.